The first-order valence-electron chi connectivity index (χ1n) is 10.0. The third-order valence-corrected chi connectivity index (χ3v) is 8.28. The quantitative estimate of drug-likeness (QED) is 0.596. The standard InChI is InChI=1S/C21H31N3O3S2/c1-16-14-20(17(2)24(16)12-9-19-6-5-13-28-19)21(25)15-23-10-7-18(8-11-23)22(3)29(4,26)27/h5-6,13-14,18H,7-12,15H2,1-4H3. The Labute approximate surface area is 178 Å². The van der Waals surface area contributed by atoms with Crippen molar-refractivity contribution in [2.45, 2.75) is 45.7 Å². The smallest absolute Gasteiger partial charge is 0.211 e. The van der Waals surface area contributed by atoms with Gasteiger partial charge < -0.3 is 4.57 Å². The molecule has 1 aliphatic heterocycles. The van der Waals surface area contributed by atoms with Crippen LogP contribution < -0.4 is 0 Å². The van der Waals surface area contributed by atoms with Gasteiger partial charge in [0.1, 0.15) is 0 Å². The molecule has 0 N–H and O–H groups in total. The number of nitrogens with zero attached hydrogens (tertiary/aromatic N) is 3. The third kappa shape index (κ3) is 5.36. The lowest BCUT2D eigenvalue weighted by atomic mass is 10.0. The predicted octanol–water partition coefficient (Wildman–Crippen LogP) is 2.95. The molecule has 0 bridgehead atoms. The summed E-state index contributed by atoms with van der Waals surface area (Å²) in [6, 6.07) is 6.26. The van der Waals surface area contributed by atoms with E-state index in [9.17, 15) is 13.2 Å². The molecule has 1 saturated heterocycles. The normalized spacial score (nSPS) is 16.6. The van der Waals surface area contributed by atoms with Crippen LogP contribution in [-0.4, -0.2) is 67.0 Å². The summed E-state index contributed by atoms with van der Waals surface area (Å²) in [6.07, 6.45) is 3.74. The van der Waals surface area contributed by atoms with Gasteiger partial charge in [-0.25, -0.2) is 12.7 Å². The zero-order valence-corrected chi connectivity index (χ0v) is 19.4. The topological polar surface area (TPSA) is 62.6 Å². The van der Waals surface area contributed by atoms with E-state index in [0.29, 0.717) is 6.54 Å². The monoisotopic (exact) mass is 437 g/mol. The number of ketones is 1. The van der Waals surface area contributed by atoms with Crippen molar-refractivity contribution in [3.63, 3.8) is 0 Å². The summed E-state index contributed by atoms with van der Waals surface area (Å²) in [5.41, 5.74) is 2.97. The van der Waals surface area contributed by atoms with Gasteiger partial charge in [0.2, 0.25) is 10.0 Å². The Hall–Kier alpha value is -1.48. The number of hydrogen-bond donors (Lipinski definition) is 0. The largest absolute Gasteiger partial charge is 0.348 e. The van der Waals surface area contributed by atoms with Gasteiger partial charge in [0.25, 0.3) is 0 Å². The van der Waals surface area contributed by atoms with Gasteiger partial charge in [-0.1, -0.05) is 6.07 Å². The number of piperidine rings is 1. The number of carbonyl (C=O) groups is 1. The predicted molar refractivity (Wildman–Crippen MR) is 118 cm³/mol. The van der Waals surface area contributed by atoms with Crippen LogP contribution in [0.2, 0.25) is 0 Å². The number of rotatable bonds is 8. The summed E-state index contributed by atoms with van der Waals surface area (Å²) in [5, 5.41) is 2.09. The van der Waals surface area contributed by atoms with Crippen LogP contribution in [0.3, 0.4) is 0 Å². The van der Waals surface area contributed by atoms with Crippen molar-refractivity contribution in [2.24, 2.45) is 0 Å². The molecule has 0 amide bonds. The van der Waals surface area contributed by atoms with Crippen LogP contribution in [0.15, 0.2) is 23.6 Å². The molecule has 3 rings (SSSR count). The Morgan fingerprint density at radius 2 is 1.97 bits per heavy atom. The Morgan fingerprint density at radius 3 is 2.55 bits per heavy atom. The van der Waals surface area contributed by atoms with Crippen LogP contribution in [0, 0.1) is 13.8 Å². The Morgan fingerprint density at radius 1 is 1.28 bits per heavy atom. The summed E-state index contributed by atoms with van der Waals surface area (Å²) < 4.78 is 27.2. The minimum Gasteiger partial charge on any atom is -0.348 e. The van der Waals surface area contributed by atoms with E-state index in [0.717, 1.165) is 55.8 Å². The maximum absolute atomic E-state index is 12.9. The fourth-order valence-corrected chi connectivity index (χ4v) is 5.56. The zero-order valence-electron chi connectivity index (χ0n) is 17.7. The molecule has 0 radical (unpaired) electrons. The van der Waals surface area contributed by atoms with Crippen molar-refractivity contribution in [1.82, 2.24) is 13.8 Å². The van der Waals surface area contributed by atoms with Crippen LogP contribution in [-0.2, 0) is 23.0 Å². The van der Waals surface area contributed by atoms with Gasteiger partial charge >= 0.3 is 0 Å². The van der Waals surface area contributed by atoms with Gasteiger partial charge in [0.05, 0.1) is 12.8 Å². The molecule has 0 atom stereocenters. The molecule has 0 aromatic carbocycles. The van der Waals surface area contributed by atoms with Crippen molar-refractivity contribution < 1.29 is 13.2 Å². The number of carbonyl (C=O) groups excluding carboxylic acids is 1. The SMILES string of the molecule is Cc1cc(C(=O)CN2CCC(N(C)S(C)(=O)=O)CC2)c(C)n1CCc1cccs1. The molecule has 3 heterocycles. The fraction of sp³-hybridized carbons (Fsp3) is 0.571. The second-order valence-corrected chi connectivity index (χ2v) is 11.0. The molecule has 160 valence electrons. The lowest BCUT2D eigenvalue weighted by molar-refractivity contribution is 0.0890. The highest BCUT2D eigenvalue weighted by molar-refractivity contribution is 7.88. The zero-order chi connectivity index (χ0) is 21.2. The molecular formula is C21H31N3O3S2. The molecular weight excluding hydrogens is 406 g/mol. The molecule has 0 aliphatic carbocycles. The average Bonchev–Trinajstić information content (AvgIpc) is 3.27. The number of Topliss-reactive ketones (excluding diaryl/α,β-unsaturated/α-hetero) is 1. The number of aryl methyl sites for hydroxylation is 2. The number of sulfonamides is 1. The molecule has 1 fully saturated rings. The van der Waals surface area contributed by atoms with E-state index in [1.807, 2.05) is 13.0 Å². The van der Waals surface area contributed by atoms with E-state index in [4.69, 9.17) is 0 Å². The molecule has 1 aliphatic rings. The first kappa shape index (κ1) is 22.2. The molecule has 29 heavy (non-hydrogen) atoms. The van der Waals surface area contributed by atoms with Crippen LogP contribution in [0.1, 0.15) is 39.5 Å². The molecule has 0 saturated carbocycles. The second-order valence-electron chi connectivity index (χ2n) is 7.98. The lowest BCUT2D eigenvalue weighted by Crippen LogP contribution is -2.46. The van der Waals surface area contributed by atoms with Crippen molar-refractivity contribution in [1.29, 1.82) is 0 Å². The van der Waals surface area contributed by atoms with Crippen molar-refractivity contribution in [3.8, 4) is 0 Å². The number of likely N-dealkylation sites (tertiary alicyclic amines) is 1. The maximum Gasteiger partial charge on any atom is 0.211 e. The van der Waals surface area contributed by atoms with Crippen molar-refractivity contribution in [2.75, 3.05) is 32.9 Å². The fourth-order valence-electron chi connectivity index (χ4n) is 4.10. The summed E-state index contributed by atoms with van der Waals surface area (Å²) in [7, 11) is -1.52. The first-order valence-corrected chi connectivity index (χ1v) is 12.8. The summed E-state index contributed by atoms with van der Waals surface area (Å²) in [4.78, 5) is 16.4. The molecule has 8 heteroatoms. The molecule has 2 aromatic rings. The van der Waals surface area contributed by atoms with Crippen molar-refractivity contribution >= 4 is 27.1 Å². The number of hydrogen-bond acceptors (Lipinski definition) is 5. The van der Waals surface area contributed by atoms with Crippen LogP contribution >= 0.6 is 11.3 Å². The van der Waals surface area contributed by atoms with E-state index >= 15 is 0 Å². The second kappa shape index (κ2) is 9.12. The summed E-state index contributed by atoms with van der Waals surface area (Å²) in [6.45, 7) is 6.85. The minimum absolute atomic E-state index is 0.0265. The van der Waals surface area contributed by atoms with E-state index in [-0.39, 0.29) is 11.8 Å². The summed E-state index contributed by atoms with van der Waals surface area (Å²) in [5.74, 6) is 0.149. The first-order chi connectivity index (χ1) is 13.7. The lowest BCUT2D eigenvalue weighted by Gasteiger charge is -2.35. The summed E-state index contributed by atoms with van der Waals surface area (Å²) >= 11 is 1.77. The molecule has 2 aromatic heterocycles. The minimum atomic E-state index is -3.17. The molecule has 0 unspecified atom stereocenters. The van der Waals surface area contributed by atoms with Gasteiger partial charge in [-0.2, -0.15) is 0 Å². The van der Waals surface area contributed by atoms with Gasteiger partial charge in [-0.05, 0) is 50.6 Å². The molecule has 6 nitrogen and oxygen atoms in total. The van der Waals surface area contributed by atoms with Crippen molar-refractivity contribution in [3.05, 3.63) is 45.4 Å². The van der Waals surface area contributed by atoms with Crippen LogP contribution in [0.4, 0.5) is 0 Å². The van der Waals surface area contributed by atoms with Crippen LogP contribution in [0.5, 0.6) is 0 Å². The number of thiophene rings is 1. The highest BCUT2D eigenvalue weighted by Gasteiger charge is 2.28. The average molecular weight is 438 g/mol. The maximum atomic E-state index is 12.9. The third-order valence-electron chi connectivity index (χ3n) is 6.00. The van der Waals surface area contributed by atoms with Gasteiger partial charge in [0.15, 0.2) is 5.78 Å². The highest BCUT2D eigenvalue weighted by Crippen LogP contribution is 2.21. The van der Waals surface area contributed by atoms with Gasteiger partial charge in [-0.15, -0.1) is 11.3 Å². The van der Waals surface area contributed by atoms with E-state index in [2.05, 4.69) is 33.9 Å². The Balaban J connectivity index is 1.58. The van der Waals surface area contributed by atoms with Gasteiger partial charge in [-0.3, -0.25) is 9.69 Å². The van der Waals surface area contributed by atoms with E-state index in [1.165, 1.54) is 15.4 Å². The Bertz CT molecular complexity index is 940. The molecule has 0 spiro atoms. The van der Waals surface area contributed by atoms with E-state index < -0.39 is 10.0 Å². The van der Waals surface area contributed by atoms with Gasteiger partial charge in [0, 0.05) is 54.6 Å². The highest BCUT2D eigenvalue weighted by atomic mass is 32.2. The van der Waals surface area contributed by atoms with Crippen LogP contribution in [0.25, 0.3) is 0 Å². The Kier molecular flexibility index (Phi) is 6.98. The van der Waals surface area contributed by atoms with E-state index in [1.54, 1.807) is 18.4 Å². The number of aromatic nitrogens is 1.